The third-order valence-electron chi connectivity index (χ3n) is 3.69. The van der Waals surface area contributed by atoms with Crippen LogP contribution in [0.4, 0.5) is 8.78 Å². The van der Waals surface area contributed by atoms with Crippen molar-refractivity contribution in [3.05, 3.63) is 33.1 Å². The van der Waals surface area contributed by atoms with Crippen LogP contribution in [0, 0.1) is 0 Å². The summed E-state index contributed by atoms with van der Waals surface area (Å²) in [6.45, 7) is 3.06. The zero-order valence-corrected chi connectivity index (χ0v) is 17.9. The number of halogens is 2. The van der Waals surface area contributed by atoms with Gasteiger partial charge in [0.25, 0.3) is 19.6 Å². The zero-order chi connectivity index (χ0) is 23.1. The van der Waals surface area contributed by atoms with E-state index in [0.717, 1.165) is 19.2 Å². The van der Waals surface area contributed by atoms with Gasteiger partial charge in [0.1, 0.15) is 25.4 Å². The van der Waals surface area contributed by atoms with Gasteiger partial charge in [-0.25, -0.2) is 18.7 Å². The fourth-order valence-electron chi connectivity index (χ4n) is 2.07. The molecule has 11 nitrogen and oxygen atoms in total. The molecule has 172 valence electrons. The number of esters is 1. The summed E-state index contributed by atoms with van der Waals surface area (Å²) in [5.41, 5.74) is -1.82. The maximum absolute atomic E-state index is 15.1. The van der Waals surface area contributed by atoms with Crippen LogP contribution < -0.4 is 16.3 Å². The van der Waals surface area contributed by atoms with Crippen molar-refractivity contribution >= 4 is 14.1 Å². The molecule has 0 spiro atoms. The predicted molar refractivity (Wildman–Crippen MR) is 102 cm³/mol. The van der Waals surface area contributed by atoms with E-state index >= 15 is 4.39 Å². The van der Waals surface area contributed by atoms with Gasteiger partial charge in [-0.1, -0.05) is 0 Å². The van der Waals surface area contributed by atoms with Gasteiger partial charge in [0.15, 0.2) is 6.23 Å². The highest BCUT2D eigenvalue weighted by Gasteiger charge is 2.41. The summed E-state index contributed by atoms with van der Waals surface area (Å²) < 4.78 is 55.7. The van der Waals surface area contributed by atoms with Crippen LogP contribution in [0.1, 0.15) is 33.9 Å². The Balaban J connectivity index is 2.83. The van der Waals surface area contributed by atoms with Crippen LogP contribution in [-0.2, 0) is 23.4 Å². The maximum Gasteiger partial charge on any atom is 0.330 e. The number of aliphatic hydroxyl groups excluding tert-OH is 1. The zero-order valence-electron chi connectivity index (χ0n) is 16.9. The van der Waals surface area contributed by atoms with Crippen LogP contribution in [0.2, 0.25) is 0 Å². The summed E-state index contributed by atoms with van der Waals surface area (Å²) in [4.78, 5) is 36.4. The first-order valence-electron chi connectivity index (χ1n) is 8.95. The number of hydrogen-bond acceptors (Lipinski definition) is 8. The number of carbonyl (C=O) groups is 1. The highest BCUT2D eigenvalue weighted by Crippen LogP contribution is 2.29. The van der Waals surface area contributed by atoms with Gasteiger partial charge in [-0.3, -0.25) is 23.7 Å². The van der Waals surface area contributed by atoms with E-state index in [2.05, 4.69) is 5.09 Å². The molecule has 0 saturated carbocycles. The molecule has 0 aromatic carbocycles. The normalized spacial score (nSPS) is 17.7. The Morgan fingerprint density at radius 1 is 1.37 bits per heavy atom. The smallest absolute Gasteiger partial charge is 0.330 e. The summed E-state index contributed by atoms with van der Waals surface area (Å²) >= 11 is 0. The van der Waals surface area contributed by atoms with Gasteiger partial charge in [0.05, 0.1) is 6.10 Å². The molecule has 1 aromatic heterocycles. The van der Waals surface area contributed by atoms with Crippen molar-refractivity contribution in [1.29, 1.82) is 0 Å². The minimum atomic E-state index is -3.20. The molecule has 0 aliphatic rings. The van der Waals surface area contributed by atoms with Crippen molar-refractivity contribution in [3.63, 3.8) is 0 Å². The van der Waals surface area contributed by atoms with Crippen molar-refractivity contribution < 1.29 is 37.2 Å². The quantitative estimate of drug-likeness (QED) is 0.300. The molecule has 0 saturated heterocycles. The highest BCUT2D eigenvalue weighted by molar-refractivity contribution is 7.36. The number of rotatable bonds is 12. The lowest BCUT2D eigenvalue weighted by Gasteiger charge is -2.31. The van der Waals surface area contributed by atoms with Gasteiger partial charge < -0.3 is 19.1 Å². The van der Waals surface area contributed by atoms with E-state index in [-0.39, 0.29) is 0 Å². The Kier molecular flexibility index (Phi) is 9.98. The van der Waals surface area contributed by atoms with Gasteiger partial charge in [-0.15, -0.1) is 0 Å². The molecule has 0 aliphatic heterocycles. The predicted octanol–water partition coefficient (Wildman–Crippen LogP) is 0.404. The lowest BCUT2D eigenvalue weighted by atomic mass is 10.2. The maximum atomic E-state index is 15.1. The van der Waals surface area contributed by atoms with Gasteiger partial charge in [-0.05, 0) is 27.7 Å². The van der Waals surface area contributed by atoms with Crippen molar-refractivity contribution in [2.45, 2.75) is 58.0 Å². The van der Waals surface area contributed by atoms with Crippen LogP contribution in [0.3, 0.4) is 0 Å². The van der Waals surface area contributed by atoms with Gasteiger partial charge in [-0.2, -0.15) is 0 Å². The first-order valence-corrected chi connectivity index (χ1v) is 10.3. The molecule has 0 fully saturated rings. The summed E-state index contributed by atoms with van der Waals surface area (Å²) in [7, 11) is -3.20. The fraction of sp³-hybridized carbons (Fsp3) is 0.688. The molecule has 5 atom stereocenters. The molecule has 14 heteroatoms. The molecule has 3 N–H and O–H groups in total. The molecule has 1 rings (SSSR count). The van der Waals surface area contributed by atoms with E-state index in [4.69, 9.17) is 14.0 Å². The van der Waals surface area contributed by atoms with Crippen molar-refractivity contribution in [2.75, 3.05) is 13.3 Å². The van der Waals surface area contributed by atoms with Gasteiger partial charge in [0, 0.05) is 12.3 Å². The first-order chi connectivity index (χ1) is 13.9. The molecule has 0 amide bonds. The largest absolute Gasteiger partial charge is 0.462 e. The number of aromatic nitrogens is 2. The van der Waals surface area contributed by atoms with E-state index < -0.39 is 69.0 Å². The summed E-state index contributed by atoms with van der Waals surface area (Å²) in [5.74, 6) is -3.78. The fourth-order valence-corrected chi connectivity index (χ4v) is 2.95. The van der Waals surface area contributed by atoms with Gasteiger partial charge in [0.2, 0.25) is 0 Å². The number of aliphatic hydroxyl groups is 1. The van der Waals surface area contributed by atoms with Crippen molar-refractivity contribution in [3.8, 4) is 0 Å². The third kappa shape index (κ3) is 7.73. The average Bonchev–Trinajstić information content (AvgIpc) is 2.64. The van der Waals surface area contributed by atoms with E-state index in [1.807, 2.05) is 4.98 Å². The summed E-state index contributed by atoms with van der Waals surface area (Å²) in [6.07, 6.45) is -3.25. The number of nitrogens with zero attached hydrogens (tertiary/aromatic N) is 1. The minimum absolute atomic E-state index is 0.402. The molecule has 1 aromatic rings. The average molecular weight is 457 g/mol. The second-order valence-corrected chi connectivity index (χ2v) is 7.79. The van der Waals surface area contributed by atoms with Crippen LogP contribution in [0.15, 0.2) is 21.9 Å². The number of carbonyl (C=O) groups excluding carboxylic acids is 1. The van der Waals surface area contributed by atoms with E-state index in [1.54, 1.807) is 13.8 Å². The van der Waals surface area contributed by atoms with Crippen LogP contribution in [0.25, 0.3) is 0 Å². The summed E-state index contributed by atoms with van der Waals surface area (Å²) in [5, 5.41) is 12.0. The van der Waals surface area contributed by atoms with Crippen LogP contribution in [0.5, 0.6) is 0 Å². The SMILES string of the molecule is CC(C)OC(=O)[C@H](C)N[PH](=O)OC[C@@](F)(O[C@H](CF)n1ccc(=O)[nH]c1=O)[C@H](C)O. The summed E-state index contributed by atoms with van der Waals surface area (Å²) in [6, 6.07) is -0.134. The standard InChI is InChI=1S/C16H26F2N3O8P/c1-9(2)28-14(24)10(3)20-30(26)27-8-16(18,11(4)22)29-13(7-17)21-6-5-12(23)19-15(21)25/h5-6,9-11,13,22,30H,7-8H2,1-4H3,(H,20,26)(H,19,23,25)/t10-,11-,13+,16+/m0/s1. The van der Waals surface area contributed by atoms with Crippen LogP contribution in [-0.4, -0.2) is 58.0 Å². The van der Waals surface area contributed by atoms with Crippen LogP contribution >= 0.6 is 8.18 Å². The molecule has 0 aliphatic carbocycles. The highest BCUT2D eigenvalue weighted by atomic mass is 31.1. The molecular formula is C16H26F2N3O8P. The van der Waals surface area contributed by atoms with Crippen molar-refractivity contribution in [2.24, 2.45) is 0 Å². The second-order valence-electron chi connectivity index (χ2n) is 6.63. The van der Waals surface area contributed by atoms with E-state index in [0.29, 0.717) is 4.57 Å². The lowest BCUT2D eigenvalue weighted by Crippen LogP contribution is -2.47. The number of ether oxygens (including phenoxy) is 2. The Hall–Kier alpha value is -1.92. The Morgan fingerprint density at radius 2 is 2.00 bits per heavy atom. The molecule has 0 bridgehead atoms. The Morgan fingerprint density at radius 3 is 2.50 bits per heavy atom. The van der Waals surface area contributed by atoms with Gasteiger partial charge >= 0.3 is 11.7 Å². The Bertz CT molecular complexity index is 846. The van der Waals surface area contributed by atoms with E-state index in [9.17, 15) is 28.4 Å². The minimum Gasteiger partial charge on any atom is -0.462 e. The third-order valence-corrected chi connectivity index (χ3v) is 4.76. The number of hydrogen-bond donors (Lipinski definition) is 3. The van der Waals surface area contributed by atoms with E-state index in [1.165, 1.54) is 6.92 Å². The molecule has 1 unspecified atom stereocenters. The molecule has 30 heavy (non-hydrogen) atoms. The number of H-pyrrole nitrogens is 1. The monoisotopic (exact) mass is 457 g/mol. The molecular weight excluding hydrogens is 431 g/mol. The van der Waals surface area contributed by atoms with Crippen molar-refractivity contribution in [1.82, 2.24) is 14.6 Å². The number of alkyl halides is 2. The number of nitrogens with one attached hydrogen (secondary N) is 2. The topological polar surface area (TPSA) is 149 Å². The number of aromatic amines is 1. The molecule has 0 radical (unpaired) electrons. The first kappa shape index (κ1) is 26.1. The molecule has 1 heterocycles. The Labute approximate surface area is 171 Å². The second kappa shape index (κ2) is 11.5. The lowest BCUT2D eigenvalue weighted by molar-refractivity contribution is -0.260.